The van der Waals surface area contributed by atoms with E-state index < -0.39 is 18.2 Å². The van der Waals surface area contributed by atoms with Gasteiger partial charge in [-0.2, -0.15) is 0 Å². The second kappa shape index (κ2) is 58.9. The van der Waals surface area contributed by atoms with Crippen LogP contribution in [0.3, 0.4) is 0 Å². The quantitative estimate of drug-likeness (QED) is 0.0457. The summed E-state index contributed by atoms with van der Waals surface area (Å²) in [4.78, 5) is 12.6. The summed E-state index contributed by atoms with van der Waals surface area (Å²) in [7, 11) is 0. The van der Waals surface area contributed by atoms with Crippen LogP contribution >= 0.6 is 0 Å². The first kappa shape index (κ1) is 67.3. The van der Waals surface area contributed by atoms with Crippen molar-refractivity contribution in [3.63, 3.8) is 0 Å². The largest absolute Gasteiger partial charge is 0.394 e. The highest BCUT2D eigenvalue weighted by Gasteiger charge is 2.21. The normalized spacial score (nSPS) is 13.1. The monoisotopic (exact) mass is 962 g/mol. The molecule has 0 fully saturated rings. The summed E-state index contributed by atoms with van der Waals surface area (Å²) < 4.78 is 0. The van der Waals surface area contributed by atoms with E-state index in [9.17, 15) is 20.1 Å². The summed E-state index contributed by atoms with van der Waals surface area (Å²) in [5.41, 5.74) is 0. The van der Waals surface area contributed by atoms with Gasteiger partial charge in [0.15, 0.2) is 0 Å². The lowest BCUT2D eigenvalue weighted by atomic mass is 10.0. The van der Waals surface area contributed by atoms with E-state index in [-0.39, 0.29) is 18.9 Å². The third-order valence-electron chi connectivity index (χ3n) is 15.4. The number of aliphatic hydroxyl groups excluding tert-OH is 3. The molecule has 5 nitrogen and oxygen atoms in total. The van der Waals surface area contributed by atoms with E-state index in [1.807, 2.05) is 0 Å². The zero-order valence-electron chi connectivity index (χ0n) is 46.8. The van der Waals surface area contributed by atoms with E-state index in [1.165, 1.54) is 315 Å². The summed E-state index contributed by atoms with van der Waals surface area (Å²) in [6.45, 7) is 4.32. The molecule has 0 spiro atoms. The van der Waals surface area contributed by atoms with Gasteiger partial charge in [-0.15, -0.1) is 0 Å². The average Bonchev–Trinajstić information content (AvgIpc) is 3.33. The van der Waals surface area contributed by atoms with Gasteiger partial charge in [0.05, 0.1) is 31.3 Å². The van der Waals surface area contributed by atoms with Crippen LogP contribution in [-0.4, -0.2) is 46.1 Å². The third-order valence-corrected chi connectivity index (χ3v) is 15.4. The van der Waals surface area contributed by atoms with E-state index in [0.717, 1.165) is 25.7 Å². The van der Waals surface area contributed by atoms with Gasteiger partial charge in [0.2, 0.25) is 5.91 Å². The number of rotatable bonds is 60. The molecule has 3 atom stereocenters. The number of hydrogen-bond acceptors (Lipinski definition) is 4. The summed E-state index contributed by atoms with van der Waals surface area (Å²) in [6.07, 6.45) is 73.0. The Balaban J connectivity index is 3.44. The second-order valence-electron chi connectivity index (χ2n) is 22.4. The molecule has 0 aliphatic rings. The molecule has 1 amide bonds. The third kappa shape index (κ3) is 54.7. The number of aliphatic hydroxyl groups is 3. The number of hydrogen-bond donors (Lipinski definition) is 4. The topological polar surface area (TPSA) is 89.8 Å². The number of nitrogens with one attached hydrogen (secondary N) is 1. The van der Waals surface area contributed by atoms with Crippen LogP contribution in [0, 0.1) is 0 Å². The van der Waals surface area contributed by atoms with Crippen molar-refractivity contribution >= 4 is 5.91 Å². The minimum Gasteiger partial charge on any atom is -0.394 e. The molecular weight excluding hydrogens is 835 g/mol. The highest BCUT2D eigenvalue weighted by molar-refractivity contribution is 5.76. The van der Waals surface area contributed by atoms with Crippen LogP contribution in [0.2, 0.25) is 0 Å². The molecule has 0 saturated carbocycles. The molecular formula is C63H127NO4. The molecule has 0 aliphatic carbocycles. The van der Waals surface area contributed by atoms with Crippen LogP contribution < -0.4 is 5.32 Å². The second-order valence-corrected chi connectivity index (χ2v) is 22.4. The van der Waals surface area contributed by atoms with Crippen molar-refractivity contribution in [3.05, 3.63) is 0 Å². The number of unbranched alkanes of at least 4 members (excludes halogenated alkanes) is 51. The van der Waals surface area contributed by atoms with E-state index in [0.29, 0.717) is 12.8 Å². The lowest BCUT2D eigenvalue weighted by Gasteiger charge is -2.23. The molecule has 0 aromatic rings. The van der Waals surface area contributed by atoms with Crippen LogP contribution in [0.1, 0.15) is 373 Å². The van der Waals surface area contributed by atoms with Crippen molar-refractivity contribution in [3.8, 4) is 0 Å². The number of carbonyl (C=O) groups is 1. The maximum atomic E-state index is 12.6. The molecule has 5 heteroatoms. The van der Waals surface area contributed by atoms with Gasteiger partial charge in [-0.25, -0.2) is 0 Å². The van der Waals surface area contributed by atoms with Crippen molar-refractivity contribution in [2.45, 2.75) is 392 Å². The average molecular weight is 963 g/mol. The zero-order chi connectivity index (χ0) is 49.3. The standard InChI is InChI=1S/C63H127NO4/c1-3-5-7-9-11-13-15-17-19-21-23-25-27-28-29-30-31-32-33-34-35-36-38-40-42-44-46-48-50-52-54-56-60(66)58-63(68)64-61(59-65)62(67)57-55-53-51-49-47-45-43-41-39-37-26-24-22-20-18-16-14-12-10-8-6-4-2/h60-62,65-67H,3-59H2,1-2H3,(H,64,68). The minimum atomic E-state index is -0.746. The molecule has 3 unspecified atom stereocenters. The zero-order valence-corrected chi connectivity index (χ0v) is 46.8. The fraction of sp³-hybridized carbons (Fsp3) is 0.984. The molecule has 0 aromatic heterocycles. The fourth-order valence-corrected chi connectivity index (χ4v) is 10.6. The predicted octanol–water partition coefficient (Wildman–Crippen LogP) is 20.1. The first-order chi connectivity index (χ1) is 33.5. The fourth-order valence-electron chi connectivity index (χ4n) is 10.6. The van der Waals surface area contributed by atoms with E-state index in [2.05, 4.69) is 19.2 Å². The van der Waals surface area contributed by atoms with E-state index >= 15 is 0 Å². The van der Waals surface area contributed by atoms with Crippen LogP contribution in [0.4, 0.5) is 0 Å². The molecule has 4 N–H and O–H groups in total. The van der Waals surface area contributed by atoms with Crippen molar-refractivity contribution < 1.29 is 20.1 Å². The van der Waals surface area contributed by atoms with Gasteiger partial charge in [0, 0.05) is 0 Å². The molecule has 0 aliphatic heterocycles. The number of carbonyl (C=O) groups excluding carboxylic acids is 1. The Morgan fingerprint density at radius 3 is 0.706 bits per heavy atom. The Kier molecular flexibility index (Phi) is 58.4. The van der Waals surface area contributed by atoms with Crippen molar-refractivity contribution in [1.82, 2.24) is 5.32 Å². The molecule has 0 rings (SSSR count). The molecule has 68 heavy (non-hydrogen) atoms. The first-order valence-electron chi connectivity index (χ1n) is 31.8. The summed E-state index contributed by atoms with van der Waals surface area (Å²) in [5, 5.41) is 33.7. The summed E-state index contributed by atoms with van der Waals surface area (Å²) in [5.74, 6) is -0.273. The highest BCUT2D eigenvalue weighted by atomic mass is 16.3. The maximum absolute atomic E-state index is 12.6. The molecule has 0 radical (unpaired) electrons. The SMILES string of the molecule is CCCCCCCCCCCCCCCCCCCCCCCCCCCCCCCCCC(O)CC(=O)NC(CO)C(O)CCCCCCCCCCCCCCCCCCCCCCCC. The Labute approximate surface area is 427 Å². The summed E-state index contributed by atoms with van der Waals surface area (Å²) >= 11 is 0. The predicted molar refractivity (Wildman–Crippen MR) is 301 cm³/mol. The Hall–Kier alpha value is -0.650. The minimum absolute atomic E-state index is 0.0439. The molecule has 0 saturated heterocycles. The molecule has 0 heterocycles. The lowest BCUT2D eigenvalue weighted by Crippen LogP contribution is -2.46. The van der Waals surface area contributed by atoms with Gasteiger partial charge in [0.1, 0.15) is 0 Å². The molecule has 0 aromatic carbocycles. The van der Waals surface area contributed by atoms with Crippen LogP contribution in [-0.2, 0) is 4.79 Å². The van der Waals surface area contributed by atoms with Gasteiger partial charge < -0.3 is 20.6 Å². The van der Waals surface area contributed by atoms with E-state index in [1.54, 1.807) is 0 Å². The Bertz CT molecular complexity index is 929. The highest BCUT2D eigenvalue weighted by Crippen LogP contribution is 2.19. The van der Waals surface area contributed by atoms with Gasteiger partial charge in [-0.05, 0) is 12.8 Å². The van der Waals surface area contributed by atoms with Crippen LogP contribution in [0.15, 0.2) is 0 Å². The number of amides is 1. The molecule has 408 valence electrons. The smallest absolute Gasteiger partial charge is 0.222 e. The summed E-state index contributed by atoms with van der Waals surface area (Å²) in [6, 6.07) is -0.655. The first-order valence-corrected chi connectivity index (χ1v) is 31.8. The van der Waals surface area contributed by atoms with Gasteiger partial charge in [-0.1, -0.05) is 354 Å². The Morgan fingerprint density at radius 2 is 0.500 bits per heavy atom. The molecule has 0 bridgehead atoms. The van der Waals surface area contributed by atoms with Gasteiger partial charge in [0.25, 0.3) is 0 Å². The van der Waals surface area contributed by atoms with E-state index in [4.69, 9.17) is 0 Å². The van der Waals surface area contributed by atoms with Crippen molar-refractivity contribution in [1.29, 1.82) is 0 Å². The van der Waals surface area contributed by atoms with Crippen LogP contribution in [0.25, 0.3) is 0 Å². The van der Waals surface area contributed by atoms with Crippen molar-refractivity contribution in [2.75, 3.05) is 6.61 Å². The maximum Gasteiger partial charge on any atom is 0.222 e. The van der Waals surface area contributed by atoms with Gasteiger partial charge >= 0.3 is 0 Å². The van der Waals surface area contributed by atoms with Crippen LogP contribution in [0.5, 0.6) is 0 Å². The Morgan fingerprint density at radius 1 is 0.309 bits per heavy atom. The van der Waals surface area contributed by atoms with Gasteiger partial charge in [-0.3, -0.25) is 4.79 Å². The lowest BCUT2D eigenvalue weighted by molar-refractivity contribution is -0.125. The van der Waals surface area contributed by atoms with Crippen molar-refractivity contribution in [2.24, 2.45) is 0 Å².